The Morgan fingerprint density at radius 1 is 1.24 bits per heavy atom. The van der Waals surface area contributed by atoms with Gasteiger partial charge in [0.05, 0.1) is 6.54 Å². The molecule has 0 bridgehead atoms. The van der Waals surface area contributed by atoms with Crippen molar-refractivity contribution in [1.82, 2.24) is 0 Å². The van der Waals surface area contributed by atoms with E-state index in [1.165, 1.54) is 5.56 Å². The third kappa shape index (κ3) is 3.37. The molecule has 2 N–H and O–H groups in total. The number of furan rings is 1. The molecule has 0 aliphatic carbocycles. The van der Waals surface area contributed by atoms with E-state index in [4.69, 9.17) is 9.52 Å². The first-order chi connectivity index (χ1) is 9.88. The number of hydrogen-bond donors (Lipinski definition) is 2. The fraction of sp³-hybridized carbons (Fsp3) is 0.312. The number of nitrogens with one attached hydrogen (secondary N) is 1. The van der Waals surface area contributed by atoms with Crippen LogP contribution in [0.15, 0.2) is 28.7 Å². The minimum atomic E-state index is -1.04. The zero-order chi connectivity index (χ0) is 15.6. The van der Waals surface area contributed by atoms with Crippen LogP contribution in [0.1, 0.15) is 27.4 Å². The second-order valence-corrected chi connectivity index (χ2v) is 5.28. The van der Waals surface area contributed by atoms with Crippen LogP contribution in [0.4, 0.5) is 11.4 Å². The quantitative estimate of drug-likeness (QED) is 0.884. The lowest BCUT2D eigenvalue weighted by atomic mass is 10.1. The van der Waals surface area contributed by atoms with Gasteiger partial charge in [-0.3, -0.25) is 0 Å². The van der Waals surface area contributed by atoms with Crippen molar-refractivity contribution in [3.8, 4) is 0 Å². The number of benzene rings is 1. The monoisotopic (exact) mass is 288 g/mol. The molecule has 0 aliphatic heterocycles. The molecule has 1 aromatic heterocycles. The van der Waals surface area contributed by atoms with Crippen molar-refractivity contribution in [3.63, 3.8) is 0 Å². The molecule has 0 spiro atoms. The Morgan fingerprint density at radius 3 is 2.52 bits per heavy atom. The van der Waals surface area contributed by atoms with Crippen LogP contribution in [-0.2, 0) is 6.54 Å². The Balaban J connectivity index is 2.11. The predicted octanol–water partition coefficient (Wildman–Crippen LogP) is 3.27. The molecule has 2 rings (SSSR count). The van der Waals surface area contributed by atoms with Gasteiger partial charge in [0.25, 0.3) is 0 Å². The molecule has 0 radical (unpaired) electrons. The van der Waals surface area contributed by atoms with E-state index in [0.717, 1.165) is 11.4 Å². The molecule has 0 atom stereocenters. The summed E-state index contributed by atoms with van der Waals surface area (Å²) in [6.45, 7) is 4.24. The van der Waals surface area contributed by atoms with E-state index in [1.807, 2.05) is 26.2 Å². The summed E-state index contributed by atoms with van der Waals surface area (Å²) >= 11 is 0. The maximum atomic E-state index is 10.9. The molecular formula is C16H20N2O3. The predicted molar refractivity (Wildman–Crippen MR) is 83.2 cm³/mol. The standard InChI is InChI=1S/C16H20N2O3/c1-10-5-6-12(8-14(10)18(3)4)17-9-13-7-11(2)15(21-13)16(19)20/h5-8,17H,9H2,1-4H3,(H,19,20). The lowest BCUT2D eigenvalue weighted by Gasteiger charge is -2.17. The molecule has 1 heterocycles. The van der Waals surface area contributed by atoms with Gasteiger partial charge in [0.15, 0.2) is 0 Å². The third-order valence-corrected chi connectivity index (χ3v) is 3.32. The van der Waals surface area contributed by atoms with Gasteiger partial charge in [-0.05, 0) is 37.6 Å². The molecular weight excluding hydrogens is 268 g/mol. The Hall–Kier alpha value is -2.43. The molecule has 0 aliphatic rings. The summed E-state index contributed by atoms with van der Waals surface area (Å²) in [5.41, 5.74) is 3.95. The van der Waals surface area contributed by atoms with E-state index >= 15 is 0 Å². The number of aromatic carboxylic acids is 1. The number of carboxylic acid groups (broad SMARTS) is 1. The van der Waals surface area contributed by atoms with Crippen LogP contribution in [0.25, 0.3) is 0 Å². The van der Waals surface area contributed by atoms with Gasteiger partial charge in [0.2, 0.25) is 5.76 Å². The fourth-order valence-corrected chi connectivity index (χ4v) is 2.24. The molecule has 5 nitrogen and oxygen atoms in total. The molecule has 0 fully saturated rings. The first-order valence-corrected chi connectivity index (χ1v) is 6.73. The van der Waals surface area contributed by atoms with Crippen LogP contribution >= 0.6 is 0 Å². The highest BCUT2D eigenvalue weighted by Crippen LogP contribution is 2.23. The molecule has 1 aromatic carbocycles. The maximum absolute atomic E-state index is 10.9. The summed E-state index contributed by atoms with van der Waals surface area (Å²) < 4.78 is 5.33. The van der Waals surface area contributed by atoms with Gasteiger partial charge in [-0.25, -0.2) is 4.79 Å². The topological polar surface area (TPSA) is 65.7 Å². The van der Waals surface area contributed by atoms with Gasteiger partial charge >= 0.3 is 5.97 Å². The second-order valence-electron chi connectivity index (χ2n) is 5.28. The minimum absolute atomic E-state index is 0.00434. The average Bonchev–Trinajstić information content (AvgIpc) is 2.79. The summed E-state index contributed by atoms with van der Waals surface area (Å²) in [7, 11) is 4.00. The van der Waals surface area contributed by atoms with E-state index in [1.54, 1.807) is 13.0 Å². The Labute approximate surface area is 124 Å². The van der Waals surface area contributed by atoms with Crippen LogP contribution in [-0.4, -0.2) is 25.2 Å². The SMILES string of the molecule is Cc1ccc(NCc2cc(C)c(C(=O)O)o2)cc1N(C)C. The van der Waals surface area contributed by atoms with Crippen molar-refractivity contribution >= 4 is 17.3 Å². The maximum Gasteiger partial charge on any atom is 0.372 e. The highest BCUT2D eigenvalue weighted by molar-refractivity contribution is 5.86. The van der Waals surface area contributed by atoms with Crippen LogP contribution in [0.5, 0.6) is 0 Å². The highest BCUT2D eigenvalue weighted by Gasteiger charge is 2.14. The smallest absolute Gasteiger partial charge is 0.372 e. The molecule has 0 amide bonds. The van der Waals surface area contributed by atoms with Crippen LogP contribution in [0.2, 0.25) is 0 Å². The molecule has 112 valence electrons. The van der Waals surface area contributed by atoms with Crippen molar-refractivity contribution < 1.29 is 14.3 Å². The Bertz CT molecular complexity index is 660. The summed E-state index contributed by atoms with van der Waals surface area (Å²) in [6, 6.07) is 7.85. The van der Waals surface area contributed by atoms with Crippen molar-refractivity contribution in [2.24, 2.45) is 0 Å². The first-order valence-electron chi connectivity index (χ1n) is 6.73. The Kier molecular flexibility index (Phi) is 4.21. The molecule has 21 heavy (non-hydrogen) atoms. The number of carboxylic acids is 1. The molecule has 0 unspecified atom stereocenters. The number of hydrogen-bond acceptors (Lipinski definition) is 4. The average molecular weight is 288 g/mol. The number of nitrogens with zero attached hydrogens (tertiary/aromatic N) is 1. The molecule has 5 heteroatoms. The third-order valence-electron chi connectivity index (χ3n) is 3.32. The number of carbonyl (C=O) groups is 1. The van der Waals surface area contributed by atoms with Gasteiger partial charge < -0.3 is 19.7 Å². The zero-order valence-electron chi connectivity index (χ0n) is 12.7. The molecule has 0 saturated heterocycles. The summed E-state index contributed by atoms with van der Waals surface area (Å²) in [6.07, 6.45) is 0. The Morgan fingerprint density at radius 2 is 1.95 bits per heavy atom. The van der Waals surface area contributed by atoms with Gasteiger partial charge in [0.1, 0.15) is 5.76 Å². The molecule has 0 saturated carbocycles. The van der Waals surface area contributed by atoms with E-state index in [9.17, 15) is 4.79 Å². The van der Waals surface area contributed by atoms with Crippen LogP contribution in [0.3, 0.4) is 0 Å². The second kappa shape index (κ2) is 5.91. The van der Waals surface area contributed by atoms with Gasteiger partial charge in [-0.1, -0.05) is 6.07 Å². The number of anilines is 2. The zero-order valence-corrected chi connectivity index (χ0v) is 12.7. The van der Waals surface area contributed by atoms with Crippen LogP contribution in [0, 0.1) is 13.8 Å². The first kappa shape index (κ1) is 15.0. The van der Waals surface area contributed by atoms with E-state index in [2.05, 4.69) is 23.2 Å². The van der Waals surface area contributed by atoms with Crippen molar-refractivity contribution in [2.45, 2.75) is 20.4 Å². The van der Waals surface area contributed by atoms with Gasteiger partial charge in [-0.15, -0.1) is 0 Å². The van der Waals surface area contributed by atoms with Crippen molar-refractivity contribution in [3.05, 3.63) is 46.9 Å². The highest BCUT2D eigenvalue weighted by atomic mass is 16.4. The number of aryl methyl sites for hydroxylation is 2. The van der Waals surface area contributed by atoms with E-state index in [0.29, 0.717) is 17.9 Å². The lowest BCUT2D eigenvalue weighted by Crippen LogP contribution is -2.10. The summed E-state index contributed by atoms with van der Waals surface area (Å²) in [5.74, 6) is -0.425. The van der Waals surface area contributed by atoms with E-state index in [-0.39, 0.29) is 5.76 Å². The van der Waals surface area contributed by atoms with Crippen LogP contribution < -0.4 is 10.2 Å². The van der Waals surface area contributed by atoms with Gasteiger partial charge in [-0.2, -0.15) is 0 Å². The fourth-order valence-electron chi connectivity index (χ4n) is 2.24. The van der Waals surface area contributed by atoms with Crippen molar-refractivity contribution in [2.75, 3.05) is 24.3 Å². The summed E-state index contributed by atoms with van der Waals surface area (Å²) in [4.78, 5) is 13.0. The molecule has 2 aromatic rings. The van der Waals surface area contributed by atoms with Crippen molar-refractivity contribution in [1.29, 1.82) is 0 Å². The van der Waals surface area contributed by atoms with Gasteiger partial charge in [0, 0.05) is 31.0 Å². The largest absolute Gasteiger partial charge is 0.475 e. The number of rotatable bonds is 5. The minimum Gasteiger partial charge on any atom is -0.475 e. The lowest BCUT2D eigenvalue weighted by molar-refractivity contribution is 0.0659. The van der Waals surface area contributed by atoms with E-state index < -0.39 is 5.97 Å². The summed E-state index contributed by atoms with van der Waals surface area (Å²) in [5, 5.41) is 12.2. The normalized spacial score (nSPS) is 10.5.